The SMILES string of the molecule is Brc1ccc(C2c3ccccc3-c3cccc(-c4ccccn4)c32)cc1. The summed E-state index contributed by atoms with van der Waals surface area (Å²) < 4.78 is 1.10. The molecule has 1 unspecified atom stereocenters. The van der Waals surface area contributed by atoms with Gasteiger partial charge in [-0.05, 0) is 52.1 Å². The average molecular weight is 398 g/mol. The van der Waals surface area contributed by atoms with Crippen LogP contribution in [0.1, 0.15) is 22.6 Å². The van der Waals surface area contributed by atoms with Gasteiger partial charge in [-0.3, -0.25) is 4.98 Å². The summed E-state index contributed by atoms with van der Waals surface area (Å²) in [5, 5.41) is 0. The topological polar surface area (TPSA) is 12.9 Å². The summed E-state index contributed by atoms with van der Waals surface area (Å²) in [4.78, 5) is 4.62. The van der Waals surface area contributed by atoms with Gasteiger partial charge in [0.25, 0.3) is 0 Å². The number of halogens is 1. The number of benzene rings is 3. The number of rotatable bonds is 2. The Labute approximate surface area is 161 Å². The summed E-state index contributed by atoms with van der Waals surface area (Å²) in [6.45, 7) is 0. The van der Waals surface area contributed by atoms with Crippen molar-refractivity contribution in [2.75, 3.05) is 0 Å². The highest BCUT2D eigenvalue weighted by molar-refractivity contribution is 9.10. The Bertz CT molecular complexity index is 1080. The molecule has 0 spiro atoms. The van der Waals surface area contributed by atoms with E-state index in [4.69, 9.17) is 0 Å². The fourth-order valence-electron chi connectivity index (χ4n) is 4.01. The summed E-state index contributed by atoms with van der Waals surface area (Å²) >= 11 is 3.56. The van der Waals surface area contributed by atoms with Crippen molar-refractivity contribution in [1.29, 1.82) is 0 Å². The molecule has 0 N–H and O–H groups in total. The number of fused-ring (bicyclic) bond motifs is 3. The second kappa shape index (κ2) is 6.22. The number of pyridine rings is 1. The lowest BCUT2D eigenvalue weighted by molar-refractivity contribution is 1.01. The summed E-state index contributed by atoms with van der Waals surface area (Å²) in [7, 11) is 0. The summed E-state index contributed by atoms with van der Waals surface area (Å²) in [6, 6.07) is 30.1. The molecule has 1 aromatic heterocycles. The van der Waals surface area contributed by atoms with E-state index in [2.05, 4.69) is 99.8 Å². The maximum absolute atomic E-state index is 4.62. The van der Waals surface area contributed by atoms with Crippen molar-refractivity contribution < 1.29 is 0 Å². The molecule has 124 valence electrons. The van der Waals surface area contributed by atoms with Crippen LogP contribution in [0.3, 0.4) is 0 Å². The Morgan fingerprint density at radius 1 is 0.654 bits per heavy atom. The third-order valence-corrected chi connectivity index (χ3v) is 5.63. The van der Waals surface area contributed by atoms with Crippen LogP contribution in [-0.4, -0.2) is 4.98 Å². The molecule has 1 atom stereocenters. The summed E-state index contributed by atoms with van der Waals surface area (Å²) in [6.07, 6.45) is 1.87. The number of hydrogen-bond acceptors (Lipinski definition) is 1. The van der Waals surface area contributed by atoms with Crippen LogP contribution in [0.5, 0.6) is 0 Å². The van der Waals surface area contributed by atoms with Crippen molar-refractivity contribution in [2.24, 2.45) is 0 Å². The van der Waals surface area contributed by atoms with E-state index < -0.39 is 0 Å². The van der Waals surface area contributed by atoms with Gasteiger partial charge in [0.15, 0.2) is 0 Å². The molecular formula is C24H16BrN. The molecule has 1 heterocycles. The maximum Gasteiger partial charge on any atom is 0.0705 e. The normalized spacial score (nSPS) is 14.7. The Kier molecular flexibility index (Phi) is 3.72. The quantitative estimate of drug-likeness (QED) is 0.324. The van der Waals surface area contributed by atoms with Gasteiger partial charge in [0.2, 0.25) is 0 Å². The number of aromatic nitrogens is 1. The molecule has 1 aliphatic carbocycles. The zero-order valence-corrected chi connectivity index (χ0v) is 15.6. The Hall–Kier alpha value is -2.71. The van der Waals surface area contributed by atoms with Crippen LogP contribution in [0.25, 0.3) is 22.4 Å². The van der Waals surface area contributed by atoms with E-state index >= 15 is 0 Å². The van der Waals surface area contributed by atoms with E-state index in [-0.39, 0.29) is 5.92 Å². The number of nitrogens with zero attached hydrogens (tertiary/aromatic N) is 1. The zero-order chi connectivity index (χ0) is 17.5. The first-order valence-electron chi connectivity index (χ1n) is 8.72. The van der Waals surface area contributed by atoms with Crippen molar-refractivity contribution >= 4 is 15.9 Å². The van der Waals surface area contributed by atoms with Gasteiger partial charge in [0.05, 0.1) is 5.69 Å². The largest absolute Gasteiger partial charge is 0.256 e. The third kappa shape index (κ3) is 2.41. The van der Waals surface area contributed by atoms with Crippen molar-refractivity contribution in [3.8, 4) is 22.4 Å². The molecule has 1 nitrogen and oxygen atoms in total. The van der Waals surface area contributed by atoms with Crippen LogP contribution in [0.15, 0.2) is 95.6 Å². The molecule has 5 rings (SSSR count). The summed E-state index contributed by atoms with van der Waals surface area (Å²) in [5.74, 6) is 0.229. The lowest BCUT2D eigenvalue weighted by Gasteiger charge is -2.18. The second-order valence-corrected chi connectivity index (χ2v) is 7.47. The minimum absolute atomic E-state index is 0.229. The van der Waals surface area contributed by atoms with Gasteiger partial charge in [0, 0.05) is 22.2 Å². The van der Waals surface area contributed by atoms with Crippen molar-refractivity contribution in [3.63, 3.8) is 0 Å². The first-order chi connectivity index (χ1) is 12.8. The molecular weight excluding hydrogens is 382 g/mol. The van der Waals surface area contributed by atoms with E-state index in [1.807, 2.05) is 12.3 Å². The van der Waals surface area contributed by atoms with Crippen molar-refractivity contribution in [1.82, 2.24) is 4.98 Å². The summed E-state index contributed by atoms with van der Waals surface area (Å²) in [5.41, 5.74) is 8.92. The van der Waals surface area contributed by atoms with Gasteiger partial charge in [-0.15, -0.1) is 0 Å². The van der Waals surface area contributed by atoms with Gasteiger partial charge in [-0.2, -0.15) is 0 Å². The molecule has 0 saturated carbocycles. The Morgan fingerprint density at radius 3 is 2.19 bits per heavy atom. The fraction of sp³-hybridized carbons (Fsp3) is 0.0417. The molecule has 4 aromatic rings. The standard InChI is InChI=1S/C24H16BrN/c25-17-13-11-16(12-14-17)23-19-7-2-1-6-18(19)20-8-5-9-21(24(20)23)22-10-3-4-15-26-22/h1-15,23H. The van der Waals surface area contributed by atoms with E-state index in [0.717, 1.165) is 10.2 Å². The lowest BCUT2D eigenvalue weighted by Crippen LogP contribution is -2.01. The van der Waals surface area contributed by atoms with Crippen LogP contribution in [-0.2, 0) is 0 Å². The lowest BCUT2D eigenvalue weighted by atomic mass is 9.86. The zero-order valence-electron chi connectivity index (χ0n) is 14.1. The van der Waals surface area contributed by atoms with Gasteiger partial charge in [-0.1, -0.05) is 76.6 Å². The minimum atomic E-state index is 0.229. The highest BCUT2D eigenvalue weighted by atomic mass is 79.9. The van der Waals surface area contributed by atoms with Gasteiger partial charge < -0.3 is 0 Å². The van der Waals surface area contributed by atoms with E-state index in [1.165, 1.54) is 33.4 Å². The molecule has 0 aliphatic heterocycles. The predicted octanol–water partition coefficient (Wildman–Crippen LogP) is 6.67. The van der Waals surface area contributed by atoms with Crippen LogP contribution < -0.4 is 0 Å². The van der Waals surface area contributed by atoms with Gasteiger partial charge in [0.1, 0.15) is 0 Å². The second-order valence-electron chi connectivity index (χ2n) is 6.55. The molecule has 3 aromatic carbocycles. The minimum Gasteiger partial charge on any atom is -0.256 e. The average Bonchev–Trinajstić information content (AvgIpc) is 3.04. The smallest absolute Gasteiger partial charge is 0.0705 e. The molecule has 0 bridgehead atoms. The van der Waals surface area contributed by atoms with E-state index in [9.17, 15) is 0 Å². The van der Waals surface area contributed by atoms with Crippen molar-refractivity contribution in [2.45, 2.75) is 5.92 Å². The van der Waals surface area contributed by atoms with Crippen LogP contribution in [0, 0.1) is 0 Å². The Balaban J connectivity index is 1.81. The Morgan fingerprint density at radius 2 is 1.38 bits per heavy atom. The van der Waals surface area contributed by atoms with Crippen LogP contribution >= 0.6 is 15.9 Å². The molecule has 2 heteroatoms. The fourth-order valence-corrected chi connectivity index (χ4v) is 4.27. The van der Waals surface area contributed by atoms with Crippen LogP contribution in [0.2, 0.25) is 0 Å². The highest BCUT2D eigenvalue weighted by Gasteiger charge is 2.32. The first kappa shape index (κ1) is 15.5. The molecule has 26 heavy (non-hydrogen) atoms. The third-order valence-electron chi connectivity index (χ3n) is 5.10. The molecule has 0 radical (unpaired) electrons. The molecule has 1 aliphatic rings. The van der Waals surface area contributed by atoms with Crippen LogP contribution in [0.4, 0.5) is 0 Å². The maximum atomic E-state index is 4.62. The predicted molar refractivity (Wildman–Crippen MR) is 110 cm³/mol. The van der Waals surface area contributed by atoms with E-state index in [1.54, 1.807) is 0 Å². The van der Waals surface area contributed by atoms with E-state index in [0.29, 0.717) is 0 Å². The van der Waals surface area contributed by atoms with Gasteiger partial charge >= 0.3 is 0 Å². The molecule has 0 saturated heterocycles. The highest BCUT2D eigenvalue weighted by Crippen LogP contribution is 2.51. The molecule has 0 amide bonds. The molecule has 0 fully saturated rings. The number of hydrogen-bond donors (Lipinski definition) is 0. The van der Waals surface area contributed by atoms with Gasteiger partial charge in [-0.25, -0.2) is 0 Å². The monoisotopic (exact) mass is 397 g/mol. The first-order valence-corrected chi connectivity index (χ1v) is 9.51. The van der Waals surface area contributed by atoms with Crippen molar-refractivity contribution in [3.05, 3.63) is 112 Å².